The zero-order chi connectivity index (χ0) is 8.59. The minimum absolute atomic E-state index is 0.0381. The summed E-state index contributed by atoms with van der Waals surface area (Å²) in [5, 5.41) is -0.0381. The molecule has 1 aromatic heterocycles. The number of halogens is 3. The number of nitrogens with two attached hydrogens (primary N) is 1. The van der Waals surface area contributed by atoms with Crippen LogP contribution in [0, 0.1) is 18.7 Å². The van der Waals surface area contributed by atoms with Crippen LogP contribution in [0.5, 0.6) is 0 Å². The second-order valence-electron chi connectivity index (χ2n) is 2.03. The van der Waals surface area contributed by atoms with Crippen LogP contribution in [0.1, 0.15) is 5.69 Å². The predicted octanol–water partition coefficient (Wildman–Crippen LogP) is 1.90. The smallest absolute Gasteiger partial charge is 0.251 e. The quantitative estimate of drug-likeness (QED) is 0.617. The van der Waals surface area contributed by atoms with Crippen molar-refractivity contribution in [2.75, 3.05) is 5.73 Å². The number of hydrogen-bond donors (Lipinski definition) is 1. The standard InChI is InChI=1S/C6H5ClF2N2/c1-2-3(7)5(10)4(8)6(9)11-2/h1H3,(H2,10,11). The zero-order valence-corrected chi connectivity index (χ0v) is 6.41. The van der Waals surface area contributed by atoms with E-state index in [0.29, 0.717) is 0 Å². The molecule has 0 amide bonds. The summed E-state index contributed by atoms with van der Waals surface area (Å²) < 4.78 is 24.9. The monoisotopic (exact) mass is 178 g/mol. The topological polar surface area (TPSA) is 38.9 Å². The number of rotatable bonds is 0. The Hall–Kier alpha value is -0.900. The van der Waals surface area contributed by atoms with E-state index in [9.17, 15) is 8.78 Å². The molecule has 0 bridgehead atoms. The van der Waals surface area contributed by atoms with Gasteiger partial charge in [0.15, 0.2) is 0 Å². The van der Waals surface area contributed by atoms with Crippen molar-refractivity contribution < 1.29 is 8.78 Å². The van der Waals surface area contributed by atoms with Crippen LogP contribution in [0.4, 0.5) is 14.5 Å². The molecule has 0 atom stereocenters. The Bertz CT molecular complexity index is 275. The molecule has 0 saturated carbocycles. The van der Waals surface area contributed by atoms with Gasteiger partial charge in [-0.05, 0) is 6.92 Å². The first-order valence-electron chi connectivity index (χ1n) is 2.80. The average Bonchev–Trinajstić information content (AvgIpc) is 1.97. The molecule has 0 aliphatic heterocycles. The van der Waals surface area contributed by atoms with E-state index in [2.05, 4.69) is 4.98 Å². The number of nitrogens with zero attached hydrogens (tertiary/aromatic N) is 1. The van der Waals surface area contributed by atoms with Gasteiger partial charge in [0.1, 0.15) is 0 Å². The Kier molecular flexibility index (Phi) is 1.95. The van der Waals surface area contributed by atoms with Crippen LogP contribution in [-0.4, -0.2) is 4.98 Å². The van der Waals surface area contributed by atoms with Crippen molar-refractivity contribution >= 4 is 17.3 Å². The lowest BCUT2D eigenvalue weighted by molar-refractivity contribution is 0.480. The summed E-state index contributed by atoms with van der Waals surface area (Å²) in [6.45, 7) is 1.45. The van der Waals surface area contributed by atoms with Crippen LogP contribution in [-0.2, 0) is 0 Å². The average molecular weight is 179 g/mol. The van der Waals surface area contributed by atoms with Crippen LogP contribution >= 0.6 is 11.6 Å². The molecule has 2 nitrogen and oxygen atoms in total. The van der Waals surface area contributed by atoms with Gasteiger partial charge in [-0.25, -0.2) is 4.98 Å². The number of hydrogen-bond acceptors (Lipinski definition) is 2. The maximum atomic E-state index is 12.5. The Morgan fingerprint density at radius 2 is 2.00 bits per heavy atom. The maximum Gasteiger partial charge on any atom is 0.251 e. The van der Waals surface area contributed by atoms with Gasteiger partial charge in [0.2, 0.25) is 5.82 Å². The highest BCUT2D eigenvalue weighted by atomic mass is 35.5. The highest BCUT2D eigenvalue weighted by Crippen LogP contribution is 2.24. The first kappa shape index (κ1) is 8.20. The molecule has 0 aliphatic carbocycles. The molecule has 5 heteroatoms. The third-order valence-corrected chi connectivity index (χ3v) is 1.71. The summed E-state index contributed by atoms with van der Waals surface area (Å²) >= 11 is 5.46. The van der Waals surface area contributed by atoms with Crippen LogP contribution in [0.15, 0.2) is 0 Å². The Morgan fingerprint density at radius 1 is 1.45 bits per heavy atom. The first-order valence-corrected chi connectivity index (χ1v) is 3.18. The number of pyridine rings is 1. The minimum Gasteiger partial charge on any atom is -0.395 e. The van der Waals surface area contributed by atoms with E-state index in [0.717, 1.165) is 0 Å². The summed E-state index contributed by atoms with van der Waals surface area (Å²) in [4.78, 5) is 3.18. The summed E-state index contributed by atoms with van der Waals surface area (Å²) in [5.74, 6) is -2.41. The molecule has 0 aliphatic rings. The van der Waals surface area contributed by atoms with Gasteiger partial charge in [-0.2, -0.15) is 8.78 Å². The van der Waals surface area contributed by atoms with E-state index in [-0.39, 0.29) is 10.7 Å². The number of nitrogen functional groups attached to an aromatic ring is 1. The molecule has 0 spiro atoms. The molecule has 0 saturated heterocycles. The van der Waals surface area contributed by atoms with Gasteiger partial charge in [0.05, 0.1) is 16.4 Å². The predicted molar refractivity (Wildman–Crippen MR) is 38.3 cm³/mol. The fourth-order valence-corrected chi connectivity index (χ4v) is 0.773. The van der Waals surface area contributed by atoms with E-state index < -0.39 is 17.5 Å². The van der Waals surface area contributed by atoms with E-state index in [4.69, 9.17) is 17.3 Å². The number of aromatic nitrogens is 1. The number of aryl methyl sites for hydroxylation is 1. The molecule has 2 N–H and O–H groups in total. The van der Waals surface area contributed by atoms with Crippen LogP contribution in [0.25, 0.3) is 0 Å². The lowest BCUT2D eigenvalue weighted by Gasteiger charge is -2.02. The van der Waals surface area contributed by atoms with E-state index in [1.54, 1.807) is 0 Å². The van der Waals surface area contributed by atoms with Crippen molar-refractivity contribution in [3.05, 3.63) is 22.5 Å². The molecule has 0 aromatic carbocycles. The Morgan fingerprint density at radius 3 is 2.55 bits per heavy atom. The van der Waals surface area contributed by atoms with Gasteiger partial charge in [0, 0.05) is 0 Å². The van der Waals surface area contributed by atoms with Crippen molar-refractivity contribution in [3.63, 3.8) is 0 Å². The van der Waals surface area contributed by atoms with Gasteiger partial charge in [-0.1, -0.05) is 11.6 Å². The molecule has 11 heavy (non-hydrogen) atoms. The fraction of sp³-hybridized carbons (Fsp3) is 0.167. The third kappa shape index (κ3) is 1.26. The number of anilines is 1. The van der Waals surface area contributed by atoms with Crippen LogP contribution in [0.2, 0.25) is 5.02 Å². The van der Waals surface area contributed by atoms with Gasteiger partial charge in [-0.3, -0.25) is 0 Å². The van der Waals surface area contributed by atoms with Gasteiger partial charge >= 0.3 is 0 Å². The normalized spacial score (nSPS) is 10.2. The lowest BCUT2D eigenvalue weighted by Crippen LogP contribution is -2.01. The molecule has 0 unspecified atom stereocenters. The van der Waals surface area contributed by atoms with Crippen LogP contribution < -0.4 is 5.73 Å². The summed E-state index contributed by atoms with van der Waals surface area (Å²) in [5.41, 5.74) is 4.89. The zero-order valence-electron chi connectivity index (χ0n) is 5.66. The van der Waals surface area contributed by atoms with Crippen molar-refractivity contribution in [1.29, 1.82) is 0 Å². The van der Waals surface area contributed by atoms with Gasteiger partial charge < -0.3 is 5.73 Å². The molecule has 0 fully saturated rings. The molecule has 1 rings (SSSR count). The Balaban J connectivity index is 3.46. The second kappa shape index (κ2) is 2.62. The summed E-state index contributed by atoms with van der Waals surface area (Å²) in [6, 6.07) is 0. The second-order valence-corrected chi connectivity index (χ2v) is 2.41. The van der Waals surface area contributed by atoms with E-state index >= 15 is 0 Å². The minimum atomic E-state index is -1.22. The van der Waals surface area contributed by atoms with Crippen molar-refractivity contribution in [2.45, 2.75) is 6.92 Å². The highest BCUT2D eigenvalue weighted by Gasteiger charge is 2.13. The fourth-order valence-electron chi connectivity index (χ4n) is 0.648. The highest BCUT2D eigenvalue weighted by molar-refractivity contribution is 6.33. The molecular formula is C6H5ClF2N2. The third-order valence-electron chi connectivity index (χ3n) is 1.24. The molecular weight excluding hydrogens is 174 g/mol. The van der Waals surface area contributed by atoms with Crippen molar-refractivity contribution in [3.8, 4) is 0 Å². The molecule has 1 aromatic rings. The lowest BCUT2D eigenvalue weighted by atomic mass is 10.3. The first-order chi connectivity index (χ1) is 5.04. The SMILES string of the molecule is Cc1nc(F)c(F)c(N)c1Cl. The van der Waals surface area contributed by atoms with E-state index in [1.165, 1.54) is 6.92 Å². The molecule has 0 radical (unpaired) electrons. The van der Waals surface area contributed by atoms with Gasteiger partial charge in [0.25, 0.3) is 5.95 Å². The molecule has 1 heterocycles. The van der Waals surface area contributed by atoms with Crippen molar-refractivity contribution in [1.82, 2.24) is 4.98 Å². The largest absolute Gasteiger partial charge is 0.395 e. The van der Waals surface area contributed by atoms with Gasteiger partial charge in [-0.15, -0.1) is 0 Å². The molecule has 60 valence electrons. The Labute approximate surface area is 67.0 Å². The van der Waals surface area contributed by atoms with Crippen molar-refractivity contribution in [2.24, 2.45) is 0 Å². The summed E-state index contributed by atoms with van der Waals surface area (Å²) in [6.07, 6.45) is 0. The maximum absolute atomic E-state index is 12.5. The van der Waals surface area contributed by atoms with Crippen LogP contribution in [0.3, 0.4) is 0 Å². The summed E-state index contributed by atoms with van der Waals surface area (Å²) in [7, 11) is 0. The van der Waals surface area contributed by atoms with E-state index in [1.807, 2.05) is 0 Å².